The fraction of sp³-hybridized carbons (Fsp3) is 0.400. The summed E-state index contributed by atoms with van der Waals surface area (Å²) in [5.41, 5.74) is 2.21. The lowest BCUT2D eigenvalue weighted by Crippen LogP contribution is -2.10. The lowest BCUT2D eigenvalue weighted by atomic mass is 10.1. The van der Waals surface area contributed by atoms with Crippen LogP contribution in [0, 0.1) is 6.92 Å². The molecule has 0 aliphatic rings. The van der Waals surface area contributed by atoms with Crippen molar-refractivity contribution in [2.45, 2.75) is 13.3 Å². The number of phenols is 1. The Bertz CT molecular complexity index is 258. The van der Waals surface area contributed by atoms with Crippen LogP contribution >= 0.6 is 0 Å². The molecule has 2 N–H and O–H groups in total. The third-order valence-corrected chi connectivity index (χ3v) is 1.92. The van der Waals surface area contributed by atoms with Gasteiger partial charge in [0.2, 0.25) is 0 Å². The lowest BCUT2D eigenvalue weighted by Gasteiger charge is -2.03. The van der Waals surface area contributed by atoms with Crippen LogP contribution in [0.25, 0.3) is 0 Å². The number of hydrogen-bond acceptors (Lipinski definition) is 2. The van der Waals surface area contributed by atoms with Crippen molar-refractivity contribution in [1.82, 2.24) is 5.32 Å². The highest BCUT2D eigenvalue weighted by Crippen LogP contribution is 2.16. The Balaban J connectivity index is 2.69. The molecule has 0 unspecified atom stereocenters. The van der Waals surface area contributed by atoms with E-state index in [-0.39, 0.29) is 0 Å². The second kappa shape index (κ2) is 4.12. The highest BCUT2D eigenvalue weighted by atomic mass is 16.3. The molecule has 0 fully saturated rings. The number of aromatic hydroxyl groups is 1. The van der Waals surface area contributed by atoms with E-state index in [1.807, 2.05) is 26.1 Å². The van der Waals surface area contributed by atoms with Gasteiger partial charge in [-0.05, 0) is 44.1 Å². The van der Waals surface area contributed by atoms with E-state index in [9.17, 15) is 5.11 Å². The highest BCUT2D eigenvalue weighted by Gasteiger charge is 1.96. The molecule has 0 bridgehead atoms. The number of rotatable bonds is 3. The van der Waals surface area contributed by atoms with Gasteiger partial charge in [0, 0.05) is 0 Å². The molecule has 1 rings (SSSR count). The van der Waals surface area contributed by atoms with E-state index in [0.29, 0.717) is 5.75 Å². The molecule has 12 heavy (non-hydrogen) atoms. The number of likely N-dealkylation sites (N-methyl/N-ethyl adjacent to an activating group) is 1. The second-order valence-corrected chi connectivity index (χ2v) is 2.97. The number of phenolic OH excluding ortho intramolecular Hbond substituents is 1. The Kier molecular flexibility index (Phi) is 3.11. The molecule has 0 aromatic heterocycles. The maximum absolute atomic E-state index is 9.25. The topological polar surface area (TPSA) is 32.3 Å². The fourth-order valence-electron chi connectivity index (χ4n) is 1.14. The summed E-state index contributed by atoms with van der Waals surface area (Å²) in [5.74, 6) is 0.378. The van der Waals surface area contributed by atoms with Crippen molar-refractivity contribution in [3.63, 3.8) is 0 Å². The van der Waals surface area contributed by atoms with Crippen LogP contribution in [0.4, 0.5) is 0 Å². The molecule has 1 aromatic carbocycles. The third-order valence-electron chi connectivity index (χ3n) is 1.92. The molecule has 0 saturated carbocycles. The Morgan fingerprint density at radius 1 is 1.42 bits per heavy atom. The summed E-state index contributed by atoms with van der Waals surface area (Å²) < 4.78 is 0. The van der Waals surface area contributed by atoms with Crippen molar-refractivity contribution in [2.24, 2.45) is 0 Å². The Morgan fingerprint density at radius 2 is 2.17 bits per heavy atom. The van der Waals surface area contributed by atoms with Gasteiger partial charge in [0.05, 0.1) is 0 Å². The molecule has 0 aliphatic heterocycles. The summed E-state index contributed by atoms with van der Waals surface area (Å²) in [7, 11) is 1.94. The molecule has 0 saturated heterocycles. The quantitative estimate of drug-likeness (QED) is 0.710. The van der Waals surface area contributed by atoms with Gasteiger partial charge in [0.25, 0.3) is 0 Å². The fourth-order valence-corrected chi connectivity index (χ4v) is 1.14. The summed E-state index contributed by atoms with van der Waals surface area (Å²) in [6, 6.07) is 5.73. The zero-order valence-corrected chi connectivity index (χ0v) is 7.59. The molecule has 0 amide bonds. The second-order valence-electron chi connectivity index (χ2n) is 2.97. The number of benzene rings is 1. The van der Waals surface area contributed by atoms with Gasteiger partial charge in [-0.2, -0.15) is 0 Å². The maximum atomic E-state index is 9.25. The van der Waals surface area contributed by atoms with Crippen LogP contribution in [0.15, 0.2) is 18.2 Å². The number of hydrogen-bond donors (Lipinski definition) is 2. The van der Waals surface area contributed by atoms with Crippen LogP contribution in [-0.4, -0.2) is 18.7 Å². The molecule has 0 atom stereocenters. The summed E-state index contributed by atoms with van der Waals surface area (Å²) in [5, 5.41) is 12.3. The molecule has 2 nitrogen and oxygen atoms in total. The first-order valence-electron chi connectivity index (χ1n) is 4.17. The van der Waals surface area contributed by atoms with Gasteiger partial charge >= 0.3 is 0 Å². The van der Waals surface area contributed by atoms with E-state index in [0.717, 1.165) is 18.5 Å². The van der Waals surface area contributed by atoms with Crippen LogP contribution in [0.1, 0.15) is 11.1 Å². The van der Waals surface area contributed by atoms with E-state index in [4.69, 9.17) is 0 Å². The predicted molar refractivity (Wildman–Crippen MR) is 50.5 cm³/mol. The SMILES string of the molecule is CNCCc1ccc(O)c(C)c1. The summed E-state index contributed by atoms with van der Waals surface area (Å²) >= 11 is 0. The normalized spacial score (nSPS) is 10.2. The standard InChI is InChI=1S/C10H15NO/c1-8-7-9(5-6-11-2)3-4-10(8)12/h3-4,7,11-12H,5-6H2,1-2H3. The summed E-state index contributed by atoms with van der Waals surface area (Å²) in [6.45, 7) is 2.89. The van der Waals surface area contributed by atoms with Gasteiger partial charge in [-0.25, -0.2) is 0 Å². The van der Waals surface area contributed by atoms with Gasteiger partial charge in [0.1, 0.15) is 5.75 Å². The van der Waals surface area contributed by atoms with E-state index in [1.165, 1.54) is 5.56 Å². The van der Waals surface area contributed by atoms with Gasteiger partial charge < -0.3 is 10.4 Å². The molecule has 1 aromatic rings. The Morgan fingerprint density at radius 3 is 2.75 bits per heavy atom. The molecule has 66 valence electrons. The van der Waals surface area contributed by atoms with Crippen molar-refractivity contribution in [1.29, 1.82) is 0 Å². The number of nitrogens with one attached hydrogen (secondary N) is 1. The van der Waals surface area contributed by atoms with Crippen LogP contribution in [0.2, 0.25) is 0 Å². The minimum atomic E-state index is 0.378. The van der Waals surface area contributed by atoms with Crippen LogP contribution < -0.4 is 5.32 Å². The molecule has 0 aliphatic carbocycles. The minimum Gasteiger partial charge on any atom is -0.508 e. The molecular weight excluding hydrogens is 150 g/mol. The molecule has 2 heteroatoms. The first kappa shape index (κ1) is 9.07. The monoisotopic (exact) mass is 165 g/mol. The van der Waals surface area contributed by atoms with Gasteiger partial charge in [-0.1, -0.05) is 12.1 Å². The molecule has 0 heterocycles. The zero-order chi connectivity index (χ0) is 8.97. The smallest absolute Gasteiger partial charge is 0.118 e. The van der Waals surface area contributed by atoms with Crippen molar-refractivity contribution in [2.75, 3.05) is 13.6 Å². The van der Waals surface area contributed by atoms with E-state index < -0.39 is 0 Å². The van der Waals surface area contributed by atoms with Crippen LogP contribution in [0.5, 0.6) is 5.75 Å². The first-order valence-corrected chi connectivity index (χ1v) is 4.17. The molecule has 0 spiro atoms. The molecule has 0 radical (unpaired) electrons. The maximum Gasteiger partial charge on any atom is 0.118 e. The Hall–Kier alpha value is -1.02. The van der Waals surface area contributed by atoms with Crippen molar-refractivity contribution < 1.29 is 5.11 Å². The number of aryl methyl sites for hydroxylation is 1. The average Bonchev–Trinajstić information content (AvgIpc) is 2.07. The predicted octanol–water partition coefficient (Wildman–Crippen LogP) is 1.46. The van der Waals surface area contributed by atoms with Gasteiger partial charge in [0.15, 0.2) is 0 Å². The lowest BCUT2D eigenvalue weighted by molar-refractivity contribution is 0.471. The van der Waals surface area contributed by atoms with Crippen molar-refractivity contribution >= 4 is 0 Å². The minimum absolute atomic E-state index is 0.378. The van der Waals surface area contributed by atoms with E-state index >= 15 is 0 Å². The van der Waals surface area contributed by atoms with Crippen LogP contribution in [0.3, 0.4) is 0 Å². The van der Waals surface area contributed by atoms with Gasteiger partial charge in [-0.15, -0.1) is 0 Å². The van der Waals surface area contributed by atoms with Crippen molar-refractivity contribution in [3.8, 4) is 5.75 Å². The average molecular weight is 165 g/mol. The summed E-state index contributed by atoms with van der Waals surface area (Å²) in [6.07, 6.45) is 1.01. The third kappa shape index (κ3) is 2.24. The molecular formula is C10H15NO. The zero-order valence-electron chi connectivity index (χ0n) is 7.59. The van der Waals surface area contributed by atoms with E-state index in [1.54, 1.807) is 6.07 Å². The van der Waals surface area contributed by atoms with E-state index in [2.05, 4.69) is 5.32 Å². The van der Waals surface area contributed by atoms with Crippen LogP contribution in [-0.2, 0) is 6.42 Å². The summed E-state index contributed by atoms with van der Waals surface area (Å²) in [4.78, 5) is 0. The largest absolute Gasteiger partial charge is 0.508 e. The Labute approximate surface area is 73.2 Å². The highest BCUT2D eigenvalue weighted by molar-refractivity contribution is 5.34. The first-order chi connectivity index (χ1) is 5.74. The van der Waals surface area contributed by atoms with Crippen molar-refractivity contribution in [3.05, 3.63) is 29.3 Å². The van der Waals surface area contributed by atoms with Gasteiger partial charge in [-0.3, -0.25) is 0 Å².